The molecule has 0 radical (unpaired) electrons. The monoisotopic (exact) mass is 722 g/mol. The fourth-order valence-corrected chi connectivity index (χ4v) is 5.98. The third-order valence-electron chi connectivity index (χ3n) is 8.31. The first kappa shape index (κ1) is 45.6. The minimum absolute atomic E-state index is 0.0322. The SMILES string of the molecule is CCC/C=C\C/C=C\CCCCCCCC(=O)OC(COCCCCCCCCCCC)COC1OC(CO)C(O)C(OS(=O)(=O)O)C1O. The fourth-order valence-electron chi connectivity index (χ4n) is 5.47. The van der Waals surface area contributed by atoms with E-state index in [0.717, 1.165) is 64.2 Å². The molecule has 1 aliphatic heterocycles. The summed E-state index contributed by atoms with van der Waals surface area (Å²) in [7, 11) is -5.05. The van der Waals surface area contributed by atoms with E-state index < -0.39 is 59.8 Å². The summed E-state index contributed by atoms with van der Waals surface area (Å²) in [5, 5.41) is 30.4. The van der Waals surface area contributed by atoms with Gasteiger partial charge in [-0.3, -0.25) is 9.35 Å². The van der Waals surface area contributed by atoms with Crippen LogP contribution in [0.1, 0.15) is 136 Å². The van der Waals surface area contributed by atoms with E-state index in [1.54, 1.807) is 0 Å². The Balaban J connectivity index is 2.54. The average molecular weight is 723 g/mol. The molecule has 0 aliphatic carbocycles. The lowest BCUT2D eigenvalue weighted by molar-refractivity contribution is -0.301. The van der Waals surface area contributed by atoms with Crippen molar-refractivity contribution in [3.8, 4) is 0 Å². The number of rotatable bonds is 31. The van der Waals surface area contributed by atoms with Gasteiger partial charge in [0.05, 0.1) is 19.8 Å². The lowest BCUT2D eigenvalue weighted by Crippen LogP contribution is -2.60. The number of hydrogen-bond donors (Lipinski definition) is 4. The lowest BCUT2D eigenvalue weighted by atomic mass is 9.99. The molecule has 4 N–H and O–H groups in total. The highest BCUT2D eigenvalue weighted by Crippen LogP contribution is 2.26. The van der Waals surface area contributed by atoms with Gasteiger partial charge in [-0.2, -0.15) is 8.42 Å². The number of carbonyl (C=O) groups is 1. The molecular formula is C36H66O12S. The standard InChI is InChI=1S/C36H66O12S/c1-3-5-7-9-11-13-14-15-16-17-19-21-23-25-32(38)46-30(28-44-26-24-22-20-18-12-10-8-6-4-2)29-45-36-34(40)35(48-49(41,42)43)33(39)31(27-37)47-36/h7,9,13-14,30-31,33-37,39-40H,3-6,8,10-12,15-29H2,1-2H3,(H,41,42,43)/b9-7-,14-13-. The summed E-state index contributed by atoms with van der Waals surface area (Å²) in [4.78, 5) is 12.7. The van der Waals surface area contributed by atoms with E-state index in [2.05, 4.69) is 42.3 Å². The molecule has 0 aromatic rings. The second kappa shape index (κ2) is 29.2. The van der Waals surface area contributed by atoms with Crippen LogP contribution in [0.4, 0.5) is 0 Å². The zero-order valence-corrected chi connectivity index (χ0v) is 30.8. The molecule has 0 bridgehead atoms. The van der Waals surface area contributed by atoms with Gasteiger partial charge in [0.25, 0.3) is 0 Å². The van der Waals surface area contributed by atoms with Crippen LogP contribution in [0.15, 0.2) is 24.3 Å². The molecule has 0 spiro atoms. The summed E-state index contributed by atoms with van der Waals surface area (Å²) in [6.07, 6.45) is 19.4. The molecule has 0 aromatic carbocycles. The van der Waals surface area contributed by atoms with Crippen LogP contribution < -0.4 is 0 Å². The molecule has 1 saturated heterocycles. The smallest absolute Gasteiger partial charge is 0.397 e. The van der Waals surface area contributed by atoms with Crippen molar-refractivity contribution in [2.24, 2.45) is 0 Å². The molecule has 6 atom stereocenters. The number of esters is 1. The quantitative estimate of drug-likeness (QED) is 0.0279. The van der Waals surface area contributed by atoms with Gasteiger partial charge in [0.15, 0.2) is 6.29 Å². The second-order valence-electron chi connectivity index (χ2n) is 12.8. The Kier molecular flexibility index (Phi) is 27.2. The Morgan fingerprint density at radius 2 is 1.39 bits per heavy atom. The number of carbonyl (C=O) groups excluding carboxylic acids is 1. The van der Waals surface area contributed by atoms with Crippen LogP contribution in [-0.2, 0) is 38.3 Å². The first-order valence-electron chi connectivity index (χ1n) is 18.6. The second-order valence-corrected chi connectivity index (χ2v) is 13.9. The van der Waals surface area contributed by atoms with Gasteiger partial charge in [-0.1, -0.05) is 115 Å². The molecule has 6 unspecified atom stereocenters. The fraction of sp³-hybridized carbons (Fsp3) is 0.861. The number of ether oxygens (including phenoxy) is 4. The first-order valence-corrected chi connectivity index (χ1v) is 20.0. The van der Waals surface area contributed by atoms with Crippen LogP contribution in [0.3, 0.4) is 0 Å². The van der Waals surface area contributed by atoms with Gasteiger partial charge in [-0.25, -0.2) is 4.18 Å². The minimum atomic E-state index is -5.05. The molecule has 0 saturated carbocycles. The maximum atomic E-state index is 12.7. The van der Waals surface area contributed by atoms with Gasteiger partial charge in [-0.05, 0) is 38.5 Å². The molecule has 13 heteroatoms. The van der Waals surface area contributed by atoms with E-state index in [9.17, 15) is 28.5 Å². The van der Waals surface area contributed by atoms with Crippen molar-refractivity contribution in [1.29, 1.82) is 0 Å². The summed E-state index contributed by atoms with van der Waals surface area (Å²) in [6, 6.07) is 0. The largest absolute Gasteiger partial charge is 0.457 e. The number of aliphatic hydroxyl groups is 3. The summed E-state index contributed by atoms with van der Waals surface area (Å²) in [6.45, 7) is 3.86. The zero-order valence-electron chi connectivity index (χ0n) is 30.0. The Morgan fingerprint density at radius 3 is 2.02 bits per heavy atom. The van der Waals surface area contributed by atoms with E-state index in [4.69, 9.17) is 23.5 Å². The molecule has 1 rings (SSSR count). The van der Waals surface area contributed by atoms with Gasteiger partial charge >= 0.3 is 16.4 Å². The van der Waals surface area contributed by atoms with Gasteiger partial charge in [0.2, 0.25) is 0 Å². The van der Waals surface area contributed by atoms with E-state index >= 15 is 0 Å². The highest BCUT2D eigenvalue weighted by atomic mass is 32.3. The van der Waals surface area contributed by atoms with Gasteiger partial charge < -0.3 is 34.3 Å². The van der Waals surface area contributed by atoms with Crippen LogP contribution in [0.5, 0.6) is 0 Å². The number of aliphatic hydroxyl groups excluding tert-OH is 3. The minimum Gasteiger partial charge on any atom is -0.457 e. The lowest BCUT2D eigenvalue weighted by Gasteiger charge is -2.41. The first-order chi connectivity index (χ1) is 23.6. The molecule has 1 heterocycles. The molecule has 49 heavy (non-hydrogen) atoms. The third kappa shape index (κ3) is 23.6. The Bertz CT molecular complexity index is 973. The Hall–Kier alpha value is -1.42. The van der Waals surface area contributed by atoms with Crippen molar-refractivity contribution in [2.45, 2.75) is 173 Å². The highest BCUT2D eigenvalue weighted by molar-refractivity contribution is 7.80. The average Bonchev–Trinajstić information content (AvgIpc) is 3.06. The van der Waals surface area contributed by atoms with Crippen molar-refractivity contribution in [3.63, 3.8) is 0 Å². The van der Waals surface area contributed by atoms with E-state index in [1.807, 2.05) is 0 Å². The number of unbranched alkanes of at least 4 members (excludes halogenated alkanes) is 14. The summed E-state index contributed by atoms with van der Waals surface area (Å²) in [5.74, 6) is -0.416. The van der Waals surface area contributed by atoms with Gasteiger partial charge in [0.1, 0.15) is 30.5 Å². The van der Waals surface area contributed by atoms with E-state index in [-0.39, 0.29) is 19.6 Å². The molecule has 1 aliphatic rings. The van der Waals surface area contributed by atoms with Crippen LogP contribution in [0.25, 0.3) is 0 Å². The third-order valence-corrected chi connectivity index (χ3v) is 8.77. The maximum absolute atomic E-state index is 12.7. The number of allylic oxidation sites excluding steroid dienone is 4. The van der Waals surface area contributed by atoms with Crippen LogP contribution >= 0.6 is 0 Å². The van der Waals surface area contributed by atoms with Gasteiger partial charge in [-0.15, -0.1) is 0 Å². The van der Waals surface area contributed by atoms with Crippen molar-refractivity contribution in [3.05, 3.63) is 24.3 Å². The molecule has 12 nitrogen and oxygen atoms in total. The molecule has 288 valence electrons. The summed E-state index contributed by atoms with van der Waals surface area (Å²) < 4.78 is 58.6. The predicted molar refractivity (Wildman–Crippen MR) is 188 cm³/mol. The maximum Gasteiger partial charge on any atom is 0.397 e. The normalized spacial score (nSPS) is 22.3. The van der Waals surface area contributed by atoms with Crippen molar-refractivity contribution in [1.82, 2.24) is 0 Å². The van der Waals surface area contributed by atoms with Crippen molar-refractivity contribution < 1.29 is 56.2 Å². The molecular weight excluding hydrogens is 656 g/mol. The van der Waals surface area contributed by atoms with Crippen LogP contribution in [-0.4, -0.2) is 97.5 Å². The zero-order chi connectivity index (χ0) is 36.2. The molecule has 0 amide bonds. The number of hydrogen-bond acceptors (Lipinski definition) is 11. The van der Waals surface area contributed by atoms with E-state index in [0.29, 0.717) is 13.0 Å². The molecule has 0 aromatic heterocycles. The van der Waals surface area contributed by atoms with Crippen LogP contribution in [0.2, 0.25) is 0 Å². The van der Waals surface area contributed by atoms with E-state index in [1.165, 1.54) is 44.9 Å². The molecule has 1 fully saturated rings. The topological polar surface area (TPSA) is 178 Å². The summed E-state index contributed by atoms with van der Waals surface area (Å²) in [5.41, 5.74) is 0. The van der Waals surface area contributed by atoms with Crippen LogP contribution in [0, 0.1) is 0 Å². The Labute approximate surface area is 295 Å². The Morgan fingerprint density at radius 1 is 0.776 bits per heavy atom. The van der Waals surface area contributed by atoms with Crippen molar-refractivity contribution in [2.75, 3.05) is 26.4 Å². The highest BCUT2D eigenvalue weighted by Gasteiger charge is 2.48. The summed E-state index contributed by atoms with van der Waals surface area (Å²) >= 11 is 0. The predicted octanol–water partition coefficient (Wildman–Crippen LogP) is 6.12. The van der Waals surface area contributed by atoms with Crippen molar-refractivity contribution >= 4 is 16.4 Å². The van der Waals surface area contributed by atoms with Gasteiger partial charge in [0, 0.05) is 13.0 Å².